The summed E-state index contributed by atoms with van der Waals surface area (Å²) in [6, 6.07) is 0. The Morgan fingerprint density at radius 3 is 2.62 bits per heavy atom. The van der Waals surface area contributed by atoms with E-state index in [-0.39, 0.29) is 6.10 Å². The Labute approximate surface area is 198 Å². The van der Waals surface area contributed by atoms with Gasteiger partial charge in [-0.2, -0.15) is 0 Å². The van der Waals surface area contributed by atoms with Gasteiger partial charge in [0.15, 0.2) is 0 Å². The molecule has 182 valence electrons. The number of hydrogen-bond acceptors (Lipinski definition) is 2. The first-order valence-corrected chi connectivity index (χ1v) is 14.1. The van der Waals surface area contributed by atoms with E-state index in [9.17, 15) is 9.90 Å². The fraction of sp³-hybridized carbons (Fsp3) is 0.900. The fourth-order valence-corrected chi connectivity index (χ4v) is 9.24. The summed E-state index contributed by atoms with van der Waals surface area (Å²) in [6.07, 6.45) is 17.9. The monoisotopic (exact) mass is 442 g/mol. The number of fused-ring (bicyclic) bond motifs is 5. The zero-order valence-electron chi connectivity index (χ0n) is 21.7. The number of allylic oxidation sites excluding steroid dienone is 1. The Morgan fingerprint density at radius 1 is 1.09 bits per heavy atom. The molecule has 1 unspecified atom stereocenters. The number of hydrogen-bond donors (Lipinski definition) is 1. The third-order valence-electron chi connectivity index (χ3n) is 11.2. The van der Waals surface area contributed by atoms with Crippen LogP contribution in [0.5, 0.6) is 0 Å². The maximum absolute atomic E-state index is 11.8. The van der Waals surface area contributed by atoms with Crippen LogP contribution in [0.2, 0.25) is 0 Å². The van der Waals surface area contributed by atoms with Gasteiger partial charge in [-0.15, -0.1) is 0 Å². The van der Waals surface area contributed by atoms with Crippen LogP contribution >= 0.6 is 0 Å². The fourth-order valence-electron chi connectivity index (χ4n) is 9.24. The Bertz CT molecular complexity index is 710. The Balaban J connectivity index is 1.38. The molecule has 0 spiro atoms. The molecule has 1 N–H and O–H groups in total. The molecule has 4 aliphatic rings. The molecule has 2 nitrogen and oxygen atoms in total. The van der Waals surface area contributed by atoms with Crippen molar-refractivity contribution in [1.29, 1.82) is 0 Å². The van der Waals surface area contributed by atoms with Gasteiger partial charge in [0, 0.05) is 12.8 Å². The lowest BCUT2D eigenvalue weighted by Gasteiger charge is -2.58. The molecular formula is C30H50O2. The molecule has 3 saturated carbocycles. The third-order valence-corrected chi connectivity index (χ3v) is 11.2. The van der Waals surface area contributed by atoms with Gasteiger partial charge in [0.2, 0.25) is 0 Å². The van der Waals surface area contributed by atoms with Crippen molar-refractivity contribution >= 4 is 5.78 Å². The van der Waals surface area contributed by atoms with Crippen molar-refractivity contribution in [3.05, 3.63) is 11.6 Å². The van der Waals surface area contributed by atoms with Gasteiger partial charge in [0.1, 0.15) is 5.78 Å². The predicted octanol–water partition coefficient (Wildman–Crippen LogP) is 7.74. The van der Waals surface area contributed by atoms with E-state index in [1.54, 1.807) is 5.57 Å². The van der Waals surface area contributed by atoms with E-state index < -0.39 is 0 Å². The molecule has 0 saturated heterocycles. The Kier molecular flexibility index (Phi) is 7.31. The van der Waals surface area contributed by atoms with E-state index in [4.69, 9.17) is 0 Å². The summed E-state index contributed by atoms with van der Waals surface area (Å²) in [5.41, 5.74) is 2.49. The van der Waals surface area contributed by atoms with Crippen molar-refractivity contribution in [3.8, 4) is 0 Å². The summed E-state index contributed by atoms with van der Waals surface area (Å²) < 4.78 is 0. The van der Waals surface area contributed by atoms with Crippen molar-refractivity contribution < 1.29 is 9.90 Å². The molecule has 0 aromatic rings. The minimum Gasteiger partial charge on any atom is -0.393 e. The highest BCUT2D eigenvalue weighted by molar-refractivity contribution is 5.78. The smallest absolute Gasteiger partial charge is 0.132 e. The van der Waals surface area contributed by atoms with E-state index in [1.165, 1.54) is 57.8 Å². The number of rotatable bonds is 8. The van der Waals surface area contributed by atoms with Crippen LogP contribution in [0.15, 0.2) is 11.6 Å². The average Bonchev–Trinajstić information content (AvgIpc) is 3.11. The van der Waals surface area contributed by atoms with Gasteiger partial charge >= 0.3 is 0 Å². The molecule has 4 rings (SSSR count). The summed E-state index contributed by atoms with van der Waals surface area (Å²) in [5.74, 6) is 5.29. The molecule has 3 fully saturated rings. The SMILES string of the molecule is CCC(=O)CC(C)CCC[C@@H](C)[C@H]1CC[C@H]2[C@@H]3CC=C4C[C@@H](O)CC[C@]4(C)[C@H]3CC[C@]12C. The molecular weight excluding hydrogens is 392 g/mol. The first-order valence-electron chi connectivity index (χ1n) is 14.1. The quantitative estimate of drug-likeness (QED) is 0.390. The molecule has 0 amide bonds. The Morgan fingerprint density at radius 2 is 1.88 bits per heavy atom. The van der Waals surface area contributed by atoms with Gasteiger partial charge in [-0.3, -0.25) is 4.79 Å². The van der Waals surface area contributed by atoms with Gasteiger partial charge in [-0.1, -0.05) is 65.5 Å². The topological polar surface area (TPSA) is 37.3 Å². The van der Waals surface area contributed by atoms with Crippen LogP contribution in [0.25, 0.3) is 0 Å². The van der Waals surface area contributed by atoms with E-state index >= 15 is 0 Å². The zero-order chi connectivity index (χ0) is 23.1. The predicted molar refractivity (Wildman–Crippen MR) is 133 cm³/mol. The number of carbonyl (C=O) groups is 1. The summed E-state index contributed by atoms with van der Waals surface area (Å²) in [5, 5.41) is 10.2. The molecule has 0 aromatic carbocycles. The lowest BCUT2D eigenvalue weighted by molar-refractivity contribution is -0.119. The van der Waals surface area contributed by atoms with Crippen molar-refractivity contribution in [2.75, 3.05) is 0 Å². The van der Waals surface area contributed by atoms with Crippen LogP contribution in [-0.2, 0) is 4.79 Å². The summed E-state index contributed by atoms with van der Waals surface area (Å²) in [6.45, 7) is 12.0. The molecule has 2 heteroatoms. The second-order valence-corrected chi connectivity index (χ2v) is 13.0. The van der Waals surface area contributed by atoms with Crippen LogP contribution in [0.3, 0.4) is 0 Å². The highest BCUT2D eigenvalue weighted by atomic mass is 16.3. The maximum Gasteiger partial charge on any atom is 0.132 e. The number of Topliss-reactive ketones (excluding diaryl/α,β-unsaturated/α-hetero) is 1. The molecule has 9 atom stereocenters. The van der Waals surface area contributed by atoms with Crippen molar-refractivity contribution in [2.24, 2.45) is 46.3 Å². The second-order valence-electron chi connectivity index (χ2n) is 13.0. The minimum atomic E-state index is -0.0979. The number of aliphatic hydroxyl groups is 1. The van der Waals surface area contributed by atoms with Crippen LogP contribution in [0.1, 0.15) is 118 Å². The molecule has 4 aliphatic carbocycles. The molecule has 32 heavy (non-hydrogen) atoms. The maximum atomic E-state index is 11.8. The lowest BCUT2D eigenvalue weighted by atomic mass is 9.47. The molecule has 0 aromatic heterocycles. The standard InChI is InChI=1S/C30H50O2/c1-6-23(31)18-20(2)8-7-9-21(3)26-12-13-27-25-11-10-22-19-24(32)14-16-29(22,4)28(25)15-17-30(26,27)5/h10,20-21,24-28,32H,6-9,11-19H2,1-5H3/t20?,21-,24+,25+,26-,27+,28+,29+,30-/m1/s1. The number of aliphatic hydroxyl groups excluding tert-OH is 1. The zero-order valence-corrected chi connectivity index (χ0v) is 21.7. The van der Waals surface area contributed by atoms with Crippen LogP contribution < -0.4 is 0 Å². The summed E-state index contributed by atoms with van der Waals surface area (Å²) in [4.78, 5) is 11.8. The molecule has 0 bridgehead atoms. The second kappa shape index (κ2) is 9.55. The first-order chi connectivity index (χ1) is 15.2. The van der Waals surface area contributed by atoms with Gasteiger partial charge in [0.05, 0.1) is 6.10 Å². The highest BCUT2D eigenvalue weighted by Gasteiger charge is 2.59. The lowest BCUT2D eigenvalue weighted by Crippen LogP contribution is -2.50. The van der Waals surface area contributed by atoms with Crippen LogP contribution in [0.4, 0.5) is 0 Å². The number of carbonyl (C=O) groups excluding carboxylic acids is 1. The molecule has 0 aliphatic heterocycles. The van der Waals surface area contributed by atoms with Gasteiger partial charge in [0.25, 0.3) is 0 Å². The van der Waals surface area contributed by atoms with E-state index in [2.05, 4.69) is 33.8 Å². The normalized spacial score (nSPS) is 42.9. The van der Waals surface area contributed by atoms with Crippen molar-refractivity contribution in [3.63, 3.8) is 0 Å². The van der Waals surface area contributed by atoms with Crippen LogP contribution in [0, 0.1) is 46.3 Å². The highest BCUT2D eigenvalue weighted by Crippen LogP contribution is 2.67. The van der Waals surface area contributed by atoms with Crippen LogP contribution in [-0.4, -0.2) is 17.0 Å². The van der Waals surface area contributed by atoms with Crippen molar-refractivity contribution in [1.82, 2.24) is 0 Å². The number of ketones is 1. The van der Waals surface area contributed by atoms with Gasteiger partial charge < -0.3 is 5.11 Å². The van der Waals surface area contributed by atoms with Gasteiger partial charge in [-0.25, -0.2) is 0 Å². The van der Waals surface area contributed by atoms with E-state index in [0.29, 0.717) is 29.0 Å². The van der Waals surface area contributed by atoms with E-state index in [0.717, 1.165) is 48.9 Å². The largest absolute Gasteiger partial charge is 0.393 e. The van der Waals surface area contributed by atoms with Gasteiger partial charge in [-0.05, 0) is 97.7 Å². The molecule has 0 heterocycles. The third kappa shape index (κ3) is 4.39. The Hall–Kier alpha value is -0.630. The summed E-state index contributed by atoms with van der Waals surface area (Å²) in [7, 11) is 0. The van der Waals surface area contributed by atoms with Crippen molar-refractivity contribution in [2.45, 2.75) is 124 Å². The summed E-state index contributed by atoms with van der Waals surface area (Å²) >= 11 is 0. The first kappa shape index (κ1) is 24.5. The minimum absolute atomic E-state index is 0.0979. The van der Waals surface area contributed by atoms with E-state index in [1.807, 2.05) is 6.92 Å². The average molecular weight is 443 g/mol. The molecule has 0 radical (unpaired) electrons.